The number of aromatic nitrogens is 3. The molecule has 1 aliphatic carbocycles. The zero-order chi connectivity index (χ0) is 38.2. The van der Waals surface area contributed by atoms with Gasteiger partial charge in [-0.3, -0.25) is 0 Å². The first-order chi connectivity index (χ1) is 28.7. The van der Waals surface area contributed by atoms with E-state index in [1.807, 2.05) is 12.1 Å². The van der Waals surface area contributed by atoms with Crippen LogP contribution in [0.15, 0.2) is 194 Å². The molecule has 0 saturated heterocycles. The van der Waals surface area contributed by atoms with E-state index in [2.05, 4.69) is 204 Å². The lowest BCUT2D eigenvalue weighted by molar-refractivity contribution is 0.805. The van der Waals surface area contributed by atoms with E-state index >= 15 is 0 Å². The first-order valence-corrected chi connectivity index (χ1v) is 20.0. The number of rotatable bonds is 5. The van der Waals surface area contributed by atoms with Crippen LogP contribution in [0.5, 0.6) is 0 Å². The molecule has 0 N–H and O–H groups in total. The van der Waals surface area contributed by atoms with Crippen LogP contribution in [0.2, 0.25) is 0 Å². The van der Waals surface area contributed by atoms with Gasteiger partial charge in [0.05, 0.1) is 28.5 Å². The lowest BCUT2D eigenvalue weighted by atomic mass is 9.87. The quantitative estimate of drug-likeness (QED) is 0.176. The molecule has 1 aliphatic heterocycles. The van der Waals surface area contributed by atoms with Gasteiger partial charge >= 0.3 is 0 Å². The van der Waals surface area contributed by atoms with Gasteiger partial charge in [-0.15, -0.1) is 0 Å². The third kappa shape index (κ3) is 5.15. The van der Waals surface area contributed by atoms with Crippen LogP contribution in [0.4, 0.5) is 11.4 Å². The number of benzene rings is 8. The molecule has 0 bridgehead atoms. The Morgan fingerprint density at radius 3 is 1.69 bits per heavy atom. The van der Waals surface area contributed by atoms with Gasteiger partial charge in [0.1, 0.15) is 0 Å². The fraction of sp³-hybridized carbons (Fsp3) is 0.0370. The molecule has 2 unspecified atom stereocenters. The average molecular weight is 741 g/mol. The molecule has 272 valence electrons. The van der Waals surface area contributed by atoms with E-state index < -0.39 is 0 Å². The maximum atomic E-state index is 5.12. The van der Waals surface area contributed by atoms with Gasteiger partial charge in [0, 0.05) is 50.4 Å². The first kappa shape index (κ1) is 32.7. The van der Waals surface area contributed by atoms with Gasteiger partial charge in [-0.1, -0.05) is 140 Å². The van der Waals surface area contributed by atoms with Crippen molar-refractivity contribution in [2.24, 2.45) is 0 Å². The summed E-state index contributed by atoms with van der Waals surface area (Å²) in [5, 5.41) is 7.62. The third-order valence-electron chi connectivity index (χ3n) is 12.1. The molecule has 58 heavy (non-hydrogen) atoms. The highest BCUT2D eigenvalue weighted by atomic mass is 15.2. The van der Waals surface area contributed by atoms with Crippen LogP contribution >= 0.6 is 0 Å². The Balaban J connectivity index is 1.07. The summed E-state index contributed by atoms with van der Waals surface area (Å²) in [5.41, 5.74) is 12.2. The summed E-state index contributed by atoms with van der Waals surface area (Å²) in [5.74, 6) is 0.878. The van der Waals surface area contributed by atoms with Gasteiger partial charge in [-0.05, 0) is 93.5 Å². The van der Waals surface area contributed by atoms with Crippen LogP contribution in [-0.2, 0) is 0 Å². The molecule has 4 heteroatoms. The molecule has 0 fully saturated rings. The van der Waals surface area contributed by atoms with Crippen LogP contribution in [0.1, 0.15) is 11.5 Å². The minimum Gasteiger partial charge on any atom is -0.333 e. The maximum absolute atomic E-state index is 5.12. The largest absolute Gasteiger partial charge is 0.333 e. The molecular formula is C54H36N4. The summed E-state index contributed by atoms with van der Waals surface area (Å²) in [7, 11) is 0. The van der Waals surface area contributed by atoms with E-state index in [0.29, 0.717) is 5.82 Å². The van der Waals surface area contributed by atoms with E-state index in [-0.39, 0.29) is 12.0 Å². The lowest BCUT2D eigenvalue weighted by Gasteiger charge is -2.29. The van der Waals surface area contributed by atoms with Crippen molar-refractivity contribution < 1.29 is 0 Å². The van der Waals surface area contributed by atoms with Crippen molar-refractivity contribution in [1.29, 1.82) is 0 Å². The molecular weight excluding hydrogens is 705 g/mol. The average Bonchev–Trinajstić information content (AvgIpc) is 3.79. The molecule has 4 nitrogen and oxygen atoms in total. The number of hydrogen-bond donors (Lipinski definition) is 0. The van der Waals surface area contributed by atoms with Crippen LogP contribution in [0.25, 0.3) is 84.3 Å². The number of anilines is 2. The third-order valence-corrected chi connectivity index (χ3v) is 12.1. The van der Waals surface area contributed by atoms with Gasteiger partial charge in [0.25, 0.3) is 0 Å². The lowest BCUT2D eigenvalue weighted by Crippen LogP contribution is -2.38. The van der Waals surface area contributed by atoms with Crippen molar-refractivity contribution in [3.8, 4) is 39.6 Å². The number of fused-ring (bicyclic) bond motifs is 9. The van der Waals surface area contributed by atoms with E-state index in [1.165, 1.54) is 60.0 Å². The Bertz CT molecular complexity index is 3280. The molecule has 2 aromatic heterocycles. The normalized spacial score (nSPS) is 15.5. The Kier molecular flexibility index (Phi) is 7.32. The summed E-state index contributed by atoms with van der Waals surface area (Å²) in [6, 6.07) is 69.7. The fourth-order valence-corrected chi connectivity index (χ4v) is 9.43. The molecule has 0 amide bonds. The van der Waals surface area contributed by atoms with Gasteiger partial charge in [0.15, 0.2) is 5.82 Å². The second-order valence-electron chi connectivity index (χ2n) is 15.4. The Morgan fingerprint density at radius 1 is 0.431 bits per heavy atom. The standard InChI is InChI=1S/C54H36N4/c1-4-14-35(15-5-1)46-34-47(36-16-6-2-7-17-36)56-54(55-46)37-24-26-43(27-25-37)58-49-29-28-48-52(53(49)45-31-39-19-11-13-21-41(39)33-51(45)58)44-30-38-18-10-12-20-40(38)32-50(44)57(48)42-22-8-3-9-23-42/h1-34,44,50H. The molecule has 2 aliphatic rings. The van der Waals surface area contributed by atoms with Gasteiger partial charge in [-0.25, -0.2) is 9.97 Å². The van der Waals surface area contributed by atoms with Crippen LogP contribution in [-0.4, -0.2) is 20.6 Å². The summed E-state index contributed by atoms with van der Waals surface area (Å²) in [6.45, 7) is 0. The minimum atomic E-state index is 0.156. The van der Waals surface area contributed by atoms with Crippen LogP contribution < -0.4 is 15.3 Å². The molecule has 8 aromatic carbocycles. The fourth-order valence-electron chi connectivity index (χ4n) is 9.43. The monoisotopic (exact) mass is 740 g/mol. The van der Waals surface area contributed by atoms with E-state index in [1.54, 1.807) is 0 Å². The molecule has 0 saturated carbocycles. The summed E-state index contributed by atoms with van der Waals surface area (Å²) >= 11 is 0. The molecule has 2 atom stereocenters. The molecule has 12 rings (SSSR count). The number of para-hydroxylation sites is 1. The summed E-state index contributed by atoms with van der Waals surface area (Å²) < 4.78 is 2.46. The van der Waals surface area contributed by atoms with Crippen LogP contribution in [0, 0.1) is 0 Å². The van der Waals surface area contributed by atoms with Crippen molar-refractivity contribution in [1.82, 2.24) is 14.5 Å². The summed E-state index contributed by atoms with van der Waals surface area (Å²) in [4.78, 5) is 12.8. The number of hydrogen-bond acceptors (Lipinski definition) is 3. The Morgan fingerprint density at radius 2 is 1.02 bits per heavy atom. The maximum Gasteiger partial charge on any atom is 0.160 e. The molecule has 0 spiro atoms. The zero-order valence-corrected chi connectivity index (χ0v) is 31.6. The topological polar surface area (TPSA) is 34.0 Å². The zero-order valence-electron chi connectivity index (χ0n) is 31.6. The van der Waals surface area contributed by atoms with E-state index in [4.69, 9.17) is 9.97 Å². The molecule has 3 heterocycles. The highest BCUT2D eigenvalue weighted by Gasteiger charge is 2.40. The second-order valence-corrected chi connectivity index (χ2v) is 15.4. The van der Waals surface area contributed by atoms with Gasteiger partial charge in [0.2, 0.25) is 0 Å². The molecule has 0 radical (unpaired) electrons. The highest BCUT2D eigenvalue weighted by Crippen LogP contribution is 2.52. The molecule has 10 aromatic rings. The Labute approximate surface area is 336 Å². The predicted molar refractivity (Wildman–Crippen MR) is 240 cm³/mol. The number of nitrogens with zero attached hydrogens (tertiary/aromatic N) is 4. The first-order valence-electron chi connectivity index (χ1n) is 20.0. The smallest absolute Gasteiger partial charge is 0.160 e. The SMILES string of the molecule is C1=c2ccccc2=CC2C1c1c(ccc3c1c1cc4ccccc4cc1n3-c1ccc(-c3nc(-c4ccccc4)cc(-c4ccccc4)n3)cc1)N2c1ccccc1. The second kappa shape index (κ2) is 13.0. The van der Waals surface area contributed by atoms with Crippen molar-refractivity contribution in [2.75, 3.05) is 4.90 Å². The van der Waals surface area contributed by atoms with E-state index in [9.17, 15) is 0 Å². The van der Waals surface area contributed by atoms with Crippen molar-refractivity contribution >= 4 is 56.1 Å². The van der Waals surface area contributed by atoms with Gasteiger partial charge in [-0.2, -0.15) is 0 Å². The predicted octanol–water partition coefficient (Wildman–Crippen LogP) is 11.6. The minimum absolute atomic E-state index is 0.156. The van der Waals surface area contributed by atoms with Crippen molar-refractivity contribution in [3.05, 3.63) is 210 Å². The Hall–Kier alpha value is -7.56. The summed E-state index contributed by atoms with van der Waals surface area (Å²) in [6.07, 6.45) is 4.98. The van der Waals surface area contributed by atoms with Crippen LogP contribution in [0.3, 0.4) is 0 Å². The van der Waals surface area contributed by atoms with Crippen molar-refractivity contribution in [3.63, 3.8) is 0 Å². The van der Waals surface area contributed by atoms with Gasteiger partial charge < -0.3 is 9.47 Å². The van der Waals surface area contributed by atoms with Crippen molar-refractivity contribution in [2.45, 2.75) is 12.0 Å². The highest BCUT2D eigenvalue weighted by molar-refractivity contribution is 6.17. The van der Waals surface area contributed by atoms with E-state index in [0.717, 1.165) is 33.8 Å².